The van der Waals surface area contributed by atoms with Gasteiger partial charge in [0.05, 0.1) is 39.9 Å². The average molecular weight is 1570 g/mol. The molecule has 0 aromatic heterocycles. The fourth-order valence-corrected chi connectivity index (χ4v) is 13.4. The van der Waals surface area contributed by atoms with Gasteiger partial charge in [0.2, 0.25) is 11.6 Å². The van der Waals surface area contributed by atoms with E-state index in [4.69, 9.17) is 49.4 Å². The van der Waals surface area contributed by atoms with Crippen LogP contribution < -0.4 is 25.6 Å². The molecule has 3 heterocycles. The van der Waals surface area contributed by atoms with E-state index in [2.05, 4.69) is 59.2 Å². The van der Waals surface area contributed by atoms with Gasteiger partial charge in [-0.2, -0.15) is 22.6 Å². The number of nitrogens with zero attached hydrogens (tertiary/aromatic N) is 2. The van der Waals surface area contributed by atoms with Crippen LogP contribution in [0.5, 0.6) is 5.75 Å². The number of benzene rings is 4. The molecular weight excluding hydrogens is 1480 g/mol. The van der Waals surface area contributed by atoms with Crippen molar-refractivity contribution in [3.8, 4) is 5.75 Å². The molecule has 3 aliphatic rings. The molecule has 580 valence electrons. The minimum atomic E-state index is -4.41. The summed E-state index contributed by atoms with van der Waals surface area (Å²) >= 11 is 0. The molecule has 0 saturated carbocycles. The average Bonchev–Trinajstić information content (AvgIpc) is 1.60. The minimum Gasteiger partial charge on any atom is -0.748 e. The summed E-state index contributed by atoms with van der Waals surface area (Å²) in [4.78, 5) is 106. The largest absolute Gasteiger partial charge is 0.748 e. The number of Topliss-reactive ketones (excluding diaryl/α,β-unsaturated/α-hetero) is 2. The number of carboxylic acid groups (broad SMARTS) is 3. The quantitative estimate of drug-likeness (QED) is 0.0138. The molecule has 7 N–H and O–H groups in total. The number of hydrogen-bond donors (Lipinski definition) is 7. The Morgan fingerprint density at radius 3 is 1.89 bits per heavy atom. The van der Waals surface area contributed by atoms with Crippen LogP contribution in [0.25, 0.3) is 0 Å². The van der Waals surface area contributed by atoms with Gasteiger partial charge in [0.1, 0.15) is 24.1 Å². The summed E-state index contributed by atoms with van der Waals surface area (Å²) in [6, 6.07) is 28.4. The Bertz CT molecular complexity index is 4450. The molecule has 31 nitrogen and oxygen atoms in total. The van der Waals surface area contributed by atoms with Crippen molar-refractivity contribution in [2.24, 2.45) is 5.92 Å². The Morgan fingerprint density at radius 2 is 1.27 bits per heavy atom. The Kier molecular flexibility index (Phi) is 36.2. The Hall–Kier alpha value is -10.2. The lowest BCUT2D eigenvalue weighted by atomic mass is 9.81. The monoisotopic (exact) mass is 1570 g/mol. The van der Waals surface area contributed by atoms with E-state index in [1.165, 1.54) is 0 Å². The Morgan fingerprint density at radius 1 is 0.673 bits per heavy atom. The van der Waals surface area contributed by atoms with Crippen molar-refractivity contribution in [1.29, 1.82) is 0 Å². The van der Waals surface area contributed by atoms with Crippen molar-refractivity contribution in [1.82, 2.24) is 16.0 Å². The number of hydrogen-bond acceptors (Lipinski definition) is 23. The van der Waals surface area contributed by atoms with Crippen LogP contribution in [-0.4, -0.2) is 174 Å². The standard InChI is InChI=1S/C71H87N5O18S2.CO2.2O3S/c1-70(2)54-22-9-11-24-58(54)75(40-14-16-43-95(87,88)89)62(70)36-30-50-38-42-93-61(35-37-63-71(3,4)55-23-10-12-25-59(55)76(63)41-15-17-44-96(90,91)92)66(50)94-53-32-28-49(29-33-53)45-51(67(82)83)47-60(78)57(46-48-19-6-5-7-20-48)73-64(79)26-13-8-21-52(77)31-34-56(68(84)85)74-69(86)72-39-18-27-65(80)81;2-1-3;2*1-4(2)3/h5-7,9-12,19-20,22-25,28-30,32-33,35-37,51,56-57H,8,13-18,21,26-27,31,34,38-47H2,1-4H3,(H7-,72,73,74,79,80,81,82,83,84,85,86,87,88,89,90,91,92);;;/t51-,56+,57+;;;/m1.../s1. The number of amides is 3. The summed E-state index contributed by atoms with van der Waals surface area (Å²) in [5, 5.41) is 36.4. The second kappa shape index (κ2) is 43.5. The van der Waals surface area contributed by atoms with Crippen molar-refractivity contribution in [2.45, 2.75) is 153 Å². The van der Waals surface area contributed by atoms with Crippen LogP contribution in [0.3, 0.4) is 0 Å². The molecule has 0 spiro atoms. The van der Waals surface area contributed by atoms with Crippen LogP contribution in [0, 0.1) is 5.92 Å². The molecule has 0 fully saturated rings. The first-order valence-electron chi connectivity index (χ1n) is 33.7. The number of aliphatic carboxylic acids is 3. The normalized spacial score (nSPS) is 15.6. The number of ketones is 2. The highest BCUT2D eigenvalue weighted by Crippen LogP contribution is 2.48. The lowest BCUT2D eigenvalue weighted by Gasteiger charge is -2.27. The predicted octanol–water partition coefficient (Wildman–Crippen LogP) is 6.80. The SMILES string of the molecule is CC1(C)C(=CC=C2OCCC(C=CC3=[N+](CCCCS(=O)(=O)O)c4ccccc4C3(C)C)=C2Oc2ccc(C[C@H](CC(=O)[C@H](Cc3ccccc3)NC(=O)CCCCC(=O)CC[C@H](NC(=O)NCCCC(=O)O)C(=O)O)C(=O)O)cc2)N(CCCCS(=O)(=O)[O-])c2ccccc21.O=C=O.O=S(=O)=O.O=S(=O)=O. The van der Waals surface area contributed by atoms with E-state index >= 15 is 0 Å². The zero-order valence-electron chi connectivity index (χ0n) is 59.2. The van der Waals surface area contributed by atoms with Crippen LogP contribution >= 0.6 is 0 Å². The van der Waals surface area contributed by atoms with Crippen molar-refractivity contribution in [2.75, 3.05) is 42.6 Å². The van der Waals surface area contributed by atoms with Gasteiger partial charge in [-0.1, -0.05) is 92.7 Å². The van der Waals surface area contributed by atoms with Crippen molar-refractivity contribution < 1.29 is 124 Å². The number of carbonyl (C=O) groups excluding carboxylic acids is 6. The van der Waals surface area contributed by atoms with E-state index in [0.29, 0.717) is 55.2 Å². The predicted molar refractivity (Wildman–Crippen MR) is 384 cm³/mol. The molecule has 35 heteroatoms. The summed E-state index contributed by atoms with van der Waals surface area (Å²) in [7, 11) is -14.8. The maximum absolute atomic E-state index is 14.2. The molecule has 3 aliphatic heterocycles. The molecule has 0 unspecified atom stereocenters. The molecule has 0 radical (unpaired) electrons. The molecule has 0 bridgehead atoms. The fraction of sp³-hybridized carbons (Fsp3) is 0.431. The number of anilines is 1. The lowest BCUT2D eigenvalue weighted by molar-refractivity contribution is -0.438. The smallest absolute Gasteiger partial charge is 0.425 e. The summed E-state index contributed by atoms with van der Waals surface area (Å²) < 4.78 is 134. The summed E-state index contributed by atoms with van der Waals surface area (Å²) in [6.45, 7) is 9.61. The zero-order valence-corrected chi connectivity index (χ0v) is 62.5. The number of rotatable bonds is 38. The van der Waals surface area contributed by atoms with Gasteiger partial charge in [-0.3, -0.25) is 28.5 Å². The lowest BCUT2D eigenvalue weighted by Crippen LogP contribution is -2.46. The van der Waals surface area contributed by atoms with Crippen LogP contribution in [-0.2, 0) is 108 Å². The number of para-hydroxylation sites is 2. The van der Waals surface area contributed by atoms with Crippen molar-refractivity contribution in [3.63, 3.8) is 0 Å². The van der Waals surface area contributed by atoms with Gasteiger partial charge in [-0.15, -0.1) is 25.3 Å². The van der Waals surface area contributed by atoms with Crippen LogP contribution in [0.15, 0.2) is 150 Å². The molecule has 0 saturated heterocycles. The molecule has 3 atom stereocenters. The summed E-state index contributed by atoms with van der Waals surface area (Å²) in [5.41, 5.74) is 6.93. The molecule has 7 rings (SSSR count). The third-order valence-corrected chi connectivity index (χ3v) is 18.9. The van der Waals surface area contributed by atoms with Crippen molar-refractivity contribution >= 4 is 106 Å². The van der Waals surface area contributed by atoms with Gasteiger partial charge in [0.15, 0.2) is 23.0 Å². The van der Waals surface area contributed by atoms with E-state index in [0.717, 1.165) is 45.0 Å². The molecule has 4 aromatic carbocycles. The Balaban J connectivity index is 0.00000206. The first-order chi connectivity index (χ1) is 50.4. The van der Waals surface area contributed by atoms with E-state index in [1.54, 1.807) is 54.6 Å². The van der Waals surface area contributed by atoms with Gasteiger partial charge >= 0.3 is 51.3 Å². The molecule has 0 aliphatic carbocycles. The van der Waals surface area contributed by atoms with E-state index < -0.39 is 118 Å². The van der Waals surface area contributed by atoms with E-state index in [1.807, 2.05) is 66.8 Å². The number of ether oxygens (including phenoxy) is 2. The first kappa shape index (κ1) is 89.2. The second-order valence-corrected chi connectivity index (χ2v) is 29.7. The first-order valence-corrected chi connectivity index (χ1v) is 38.9. The van der Waals surface area contributed by atoms with E-state index in [9.17, 15) is 69.7 Å². The van der Waals surface area contributed by atoms with Gasteiger partial charge in [-0.25, -0.2) is 18.0 Å². The highest BCUT2D eigenvalue weighted by Gasteiger charge is 2.44. The number of carboxylic acids is 3. The molecule has 107 heavy (non-hydrogen) atoms. The third-order valence-electron chi connectivity index (χ3n) is 17.3. The minimum absolute atomic E-state index is 0.0106. The van der Waals surface area contributed by atoms with Crippen LogP contribution in [0.2, 0.25) is 0 Å². The molecule has 3 amide bonds. The van der Waals surface area contributed by atoms with Crippen molar-refractivity contribution in [3.05, 3.63) is 172 Å². The number of nitrogens with one attached hydrogen (secondary N) is 3. The second-order valence-electron chi connectivity index (χ2n) is 25.8. The van der Waals surface area contributed by atoms with Crippen LogP contribution in [0.1, 0.15) is 140 Å². The third kappa shape index (κ3) is 31.1. The fourth-order valence-electron chi connectivity index (χ4n) is 12.2. The number of allylic oxidation sites excluding steroid dienone is 5. The number of unbranched alkanes of at least 4 members (excludes halogenated alkanes) is 3. The van der Waals surface area contributed by atoms with Gasteiger partial charge < -0.3 is 50.2 Å². The molecular formula is C72H87N5O26S4. The molecule has 4 aromatic rings. The van der Waals surface area contributed by atoms with E-state index in [-0.39, 0.29) is 108 Å². The topological polar surface area (TPSA) is 489 Å². The van der Waals surface area contributed by atoms with Gasteiger partial charge in [0.25, 0.3) is 10.1 Å². The Labute approximate surface area is 622 Å². The van der Waals surface area contributed by atoms with Gasteiger partial charge in [0, 0.05) is 104 Å². The summed E-state index contributed by atoms with van der Waals surface area (Å²) in [5.74, 6) is -5.80. The highest BCUT2D eigenvalue weighted by molar-refractivity contribution is 7.85. The number of carbonyl (C=O) groups is 7. The number of fused-ring (bicyclic) bond motifs is 2. The van der Waals surface area contributed by atoms with Gasteiger partial charge in [-0.05, 0) is 125 Å². The van der Waals surface area contributed by atoms with Crippen LogP contribution in [0.4, 0.5) is 16.2 Å². The number of urea groups is 1. The maximum atomic E-state index is 14.2. The maximum Gasteiger partial charge on any atom is 0.425 e. The highest BCUT2D eigenvalue weighted by atomic mass is 32.2. The summed E-state index contributed by atoms with van der Waals surface area (Å²) in [6.07, 6.45) is 9.49. The zero-order chi connectivity index (χ0) is 79.7.